The topological polar surface area (TPSA) is 164 Å². The third-order valence-electron chi connectivity index (χ3n) is 5.80. The van der Waals surface area contributed by atoms with Crippen LogP contribution in [0.15, 0.2) is 71.7 Å². The number of aliphatic hydroxyl groups is 1. The molecule has 214 valence electrons. The molecule has 1 aliphatic heterocycles. The largest absolute Gasteiger partial charge is 0.460 e. The molecule has 0 bridgehead atoms. The zero-order valence-electron chi connectivity index (χ0n) is 21.1. The summed E-state index contributed by atoms with van der Waals surface area (Å²) in [5.74, 6) is -0.736. The summed E-state index contributed by atoms with van der Waals surface area (Å²) >= 11 is 5.91. The Morgan fingerprint density at radius 3 is 2.62 bits per heavy atom. The van der Waals surface area contributed by atoms with Crippen molar-refractivity contribution in [1.29, 1.82) is 0 Å². The van der Waals surface area contributed by atoms with Gasteiger partial charge in [0.15, 0.2) is 12.4 Å². The van der Waals surface area contributed by atoms with E-state index in [-0.39, 0.29) is 18.2 Å². The van der Waals surface area contributed by atoms with E-state index in [9.17, 15) is 23.7 Å². The van der Waals surface area contributed by atoms with Crippen LogP contribution in [0.3, 0.4) is 0 Å². The van der Waals surface area contributed by atoms with Crippen molar-refractivity contribution >= 4 is 31.1 Å². The lowest BCUT2D eigenvalue weighted by Gasteiger charge is -2.24. The van der Waals surface area contributed by atoms with Crippen LogP contribution in [0.4, 0.5) is 10.2 Å². The Morgan fingerprint density at radius 2 is 1.95 bits per heavy atom. The lowest BCUT2D eigenvalue weighted by atomic mass is 10.1. The number of ether oxygens (including phenoxy) is 2. The molecular weight excluding hydrogens is 570 g/mol. The highest BCUT2D eigenvalue weighted by molar-refractivity contribution is 7.52. The van der Waals surface area contributed by atoms with Gasteiger partial charge < -0.3 is 24.8 Å². The lowest BCUT2D eigenvalue weighted by molar-refractivity contribution is -0.146. The maximum atomic E-state index is 14.9. The van der Waals surface area contributed by atoms with Crippen molar-refractivity contribution in [2.75, 3.05) is 12.3 Å². The number of hydrogen-bond acceptors (Lipinski definition) is 10. The van der Waals surface area contributed by atoms with Gasteiger partial charge in [-0.3, -0.25) is 13.9 Å². The van der Waals surface area contributed by atoms with E-state index in [0.717, 1.165) is 10.1 Å². The van der Waals surface area contributed by atoms with Crippen LogP contribution in [0.5, 0.6) is 5.75 Å². The van der Waals surface area contributed by atoms with E-state index in [0.29, 0.717) is 5.02 Å². The van der Waals surface area contributed by atoms with Crippen molar-refractivity contribution in [2.45, 2.75) is 44.2 Å². The van der Waals surface area contributed by atoms with Gasteiger partial charge in [0.25, 0.3) is 0 Å². The summed E-state index contributed by atoms with van der Waals surface area (Å²) in [4.78, 5) is 28.3. The van der Waals surface area contributed by atoms with Gasteiger partial charge in [-0.15, -0.1) is 0 Å². The number of nitrogens with zero attached hydrogens (tertiary/aromatic N) is 2. The minimum Gasteiger partial charge on any atom is -0.460 e. The molecule has 0 spiro atoms. The third-order valence-corrected chi connectivity index (χ3v) is 7.69. The Labute approximate surface area is 233 Å². The van der Waals surface area contributed by atoms with Gasteiger partial charge in [0.2, 0.25) is 0 Å². The summed E-state index contributed by atoms with van der Waals surface area (Å²) in [7, 11) is -4.37. The van der Waals surface area contributed by atoms with Crippen molar-refractivity contribution in [3.05, 3.63) is 87.9 Å². The summed E-state index contributed by atoms with van der Waals surface area (Å²) in [5, 5.41) is 13.3. The minimum atomic E-state index is -4.37. The third kappa shape index (κ3) is 7.45. The van der Waals surface area contributed by atoms with Crippen molar-refractivity contribution in [3.63, 3.8) is 0 Å². The summed E-state index contributed by atoms with van der Waals surface area (Å²) in [5.41, 5.74) is 5.33. The number of carbonyl (C=O) groups is 1. The number of anilines is 1. The summed E-state index contributed by atoms with van der Waals surface area (Å²) < 4.78 is 51.3. The second-order valence-electron chi connectivity index (χ2n) is 8.82. The normalized spacial score (nSPS) is 22.8. The van der Waals surface area contributed by atoms with Crippen LogP contribution in [0.2, 0.25) is 5.02 Å². The number of benzene rings is 2. The smallest absolute Gasteiger partial charge is 0.459 e. The number of aromatic nitrogens is 2. The molecule has 2 heterocycles. The average molecular weight is 597 g/mol. The first-order valence-electron chi connectivity index (χ1n) is 12.0. The maximum absolute atomic E-state index is 14.9. The average Bonchev–Trinajstić information content (AvgIpc) is 3.21. The molecule has 1 saturated heterocycles. The Kier molecular flexibility index (Phi) is 9.56. The van der Waals surface area contributed by atoms with E-state index in [1.54, 1.807) is 24.3 Å². The van der Waals surface area contributed by atoms with E-state index in [1.807, 2.05) is 6.07 Å². The van der Waals surface area contributed by atoms with Crippen LogP contribution in [0.1, 0.15) is 18.7 Å². The van der Waals surface area contributed by atoms with Gasteiger partial charge in [0, 0.05) is 11.2 Å². The first-order valence-corrected chi connectivity index (χ1v) is 14.0. The number of nitrogens with two attached hydrogens (primary N) is 1. The van der Waals surface area contributed by atoms with Crippen LogP contribution in [0, 0.1) is 0 Å². The predicted molar refractivity (Wildman–Crippen MR) is 142 cm³/mol. The van der Waals surface area contributed by atoms with Crippen LogP contribution in [0.25, 0.3) is 0 Å². The van der Waals surface area contributed by atoms with E-state index < -0.39 is 56.7 Å². The van der Waals surface area contributed by atoms with Crippen molar-refractivity contribution in [2.24, 2.45) is 0 Å². The molecule has 12 nitrogen and oxygen atoms in total. The molecule has 2 aromatic carbocycles. The van der Waals surface area contributed by atoms with Crippen LogP contribution < -0.4 is 21.0 Å². The molecule has 3 aromatic rings. The summed E-state index contributed by atoms with van der Waals surface area (Å²) in [6, 6.07) is 14.9. The molecule has 1 fully saturated rings. The molecule has 0 radical (unpaired) electrons. The van der Waals surface area contributed by atoms with Crippen LogP contribution in [-0.2, 0) is 30.0 Å². The molecule has 1 aliphatic rings. The van der Waals surface area contributed by atoms with Gasteiger partial charge in [-0.25, -0.2) is 13.8 Å². The number of rotatable bonds is 11. The number of esters is 1. The molecule has 15 heteroatoms. The number of nitrogen functional groups attached to an aromatic ring is 1. The fraction of sp³-hybridized carbons (Fsp3) is 0.320. The number of aliphatic hydroxyl groups excluding tert-OH is 1. The van der Waals surface area contributed by atoms with Gasteiger partial charge >= 0.3 is 19.4 Å². The van der Waals surface area contributed by atoms with Crippen LogP contribution in [-0.4, -0.2) is 51.7 Å². The van der Waals surface area contributed by atoms with Gasteiger partial charge in [-0.1, -0.05) is 41.9 Å². The molecule has 4 N–H and O–H groups in total. The zero-order chi connectivity index (χ0) is 28.9. The van der Waals surface area contributed by atoms with Gasteiger partial charge in [-0.2, -0.15) is 10.1 Å². The van der Waals surface area contributed by atoms with Gasteiger partial charge in [0.05, 0.1) is 6.61 Å². The standard InChI is InChI=1S/C25H27ClFN4O8P/c1-15(24(33)36-13-16-5-3-2-4-6-16)30-40(35,39-18-9-7-17(26)8-10-18)37-14-19-22(32)21(27)23(38-19)31-12-11-20(28)29-25(31)34/h2-12,15,19,21-23,32H,13-14H2,1H3,(H,30,35)(H2,28,29,34)/t15-,19?,21?,22?,23?,40?/m0/s1. The van der Waals surface area contributed by atoms with Crippen molar-refractivity contribution < 1.29 is 37.4 Å². The van der Waals surface area contributed by atoms with E-state index in [1.165, 1.54) is 43.5 Å². The molecule has 0 saturated carbocycles. The highest BCUT2D eigenvalue weighted by atomic mass is 35.5. The highest BCUT2D eigenvalue weighted by Gasteiger charge is 2.47. The number of alkyl halides is 1. The second-order valence-corrected chi connectivity index (χ2v) is 11.0. The molecule has 40 heavy (non-hydrogen) atoms. The highest BCUT2D eigenvalue weighted by Crippen LogP contribution is 2.46. The molecular formula is C25H27ClFN4O8P. The van der Waals surface area contributed by atoms with Crippen LogP contribution >= 0.6 is 19.3 Å². The summed E-state index contributed by atoms with van der Waals surface area (Å²) in [6.45, 7) is 0.734. The predicted octanol–water partition coefficient (Wildman–Crippen LogP) is 3.00. The van der Waals surface area contributed by atoms with Gasteiger partial charge in [0.1, 0.15) is 36.4 Å². The molecule has 0 amide bonds. The quantitative estimate of drug-likeness (QED) is 0.220. The maximum Gasteiger partial charge on any atom is 0.459 e. The Hall–Kier alpha value is -3.32. The van der Waals surface area contributed by atoms with Crippen molar-refractivity contribution in [1.82, 2.24) is 14.6 Å². The number of carbonyl (C=O) groups excluding carboxylic acids is 1. The fourth-order valence-corrected chi connectivity index (χ4v) is 5.35. The van der Waals surface area contributed by atoms with Crippen molar-refractivity contribution in [3.8, 4) is 5.75 Å². The molecule has 1 aromatic heterocycles. The minimum absolute atomic E-state index is 0.0182. The Morgan fingerprint density at radius 1 is 1.25 bits per heavy atom. The van der Waals surface area contributed by atoms with Gasteiger partial charge in [-0.05, 0) is 42.8 Å². The Bertz CT molecular complexity index is 1410. The molecule has 0 aliphatic carbocycles. The second kappa shape index (κ2) is 12.9. The zero-order valence-corrected chi connectivity index (χ0v) is 22.8. The van der Waals surface area contributed by atoms with E-state index >= 15 is 0 Å². The first kappa shape index (κ1) is 29.7. The SMILES string of the molecule is C[C@H](NP(=O)(OCC1OC(n2ccc(N)nc2=O)C(F)C1O)Oc1ccc(Cl)cc1)C(=O)OCc1ccccc1. The van der Waals surface area contributed by atoms with E-state index in [2.05, 4.69) is 10.1 Å². The number of halogens is 2. The molecule has 6 atom stereocenters. The molecule has 4 rings (SSSR count). The monoisotopic (exact) mass is 596 g/mol. The first-order chi connectivity index (χ1) is 19.0. The van der Waals surface area contributed by atoms with E-state index in [4.69, 9.17) is 35.9 Å². The molecule has 5 unspecified atom stereocenters. The number of nitrogens with one attached hydrogen (secondary N) is 1. The Balaban J connectivity index is 1.46. The lowest BCUT2D eigenvalue weighted by Crippen LogP contribution is -2.37. The number of hydrogen-bond donors (Lipinski definition) is 3. The summed E-state index contributed by atoms with van der Waals surface area (Å²) in [6.07, 6.45) is -5.54. The fourth-order valence-electron chi connectivity index (χ4n) is 3.72.